The van der Waals surface area contributed by atoms with Gasteiger partial charge in [-0.05, 0) is 61.5 Å². The molecule has 1 aliphatic rings. The molecule has 1 aromatic carbocycles. The first-order valence-corrected chi connectivity index (χ1v) is 14.6. The molecular weight excluding hydrogens is 564 g/mol. The number of nitrogens with zero attached hydrogens (tertiary/aromatic N) is 4. The minimum atomic E-state index is -0.836. The fourth-order valence-corrected chi connectivity index (χ4v) is 6.17. The van der Waals surface area contributed by atoms with Crippen LogP contribution in [-0.4, -0.2) is 41.3 Å². The highest BCUT2D eigenvalue weighted by Gasteiger charge is 2.36. The summed E-state index contributed by atoms with van der Waals surface area (Å²) in [5, 5.41) is 1.14. The van der Waals surface area contributed by atoms with E-state index in [-0.39, 0.29) is 12.2 Å². The van der Waals surface area contributed by atoms with Crippen LogP contribution in [0.25, 0.3) is 6.08 Å². The van der Waals surface area contributed by atoms with Gasteiger partial charge in [-0.1, -0.05) is 24.7 Å². The molecule has 4 aromatic rings. The topological polar surface area (TPSA) is 118 Å². The maximum atomic E-state index is 14.0. The zero-order valence-corrected chi connectivity index (χ0v) is 24.6. The lowest BCUT2D eigenvalue weighted by molar-refractivity contribution is -0.139. The molecule has 0 amide bonds. The number of fused-ring (bicyclic) bond motifs is 1. The molecule has 0 saturated carbocycles. The Morgan fingerprint density at radius 2 is 1.95 bits per heavy atom. The van der Waals surface area contributed by atoms with Crippen molar-refractivity contribution in [1.29, 1.82) is 0 Å². The van der Waals surface area contributed by atoms with E-state index in [1.54, 1.807) is 76.0 Å². The number of hydrogen-bond donors (Lipinski definition) is 0. The van der Waals surface area contributed by atoms with Crippen molar-refractivity contribution in [2.75, 3.05) is 20.8 Å². The highest BCUT2D eigenvalue weighted by Crippen LogP contribution is 2.38. The molecule has 5 rings (SSSR count). The number of furan rings is 1. The average Bonchev–Trinajstić information content (AvgIpc) is 3.55. The Kier molecular flexibility index (Phi) is 8.70. The Morgan fingerprint density at radius 1 is 1.15 bits per heavy atom. The van der Waals surface area contributed by atoms with Gasteiger partial charge < -0.3 is 18.6 Å². The number of hydrogen-bond acceptors (Lipinski definition) is 11. The maximum absolute atomic E-state index is 14.0. The second-order valence-electron chi connectivity index (χ2n) is 8.81. The summed E-state index contributed by atoms with van der Waals surface area (Å²) in [5.74, 6) is 1.02. The van der Waals surface area contributed by atoms with Gasteiger partial charge in [0.25, 0.3) is 5.56 Å². The molecule has 0 saturated heterocycles. The second-order valence-corrected chi connectivity index (χ2v) is 10.8. The van der Waals surface area contributed by atoms with Crippen LogP contribution in [-0.2, 0) is 9.53 Å². The fraction of sp³-hybridized carbons (Fsp3) is 0.276. The van der Waals surface area contributed by atoms with Gasteiger partial charge in [-0.2, -0.15) is 0 Å². The molecule has 1 atom stereocenters. The number of carbonyl (C=O) groups is 1. The first-order valence-electron chi connectivity index (χ1n) is 13.0. The number of benzene rings is 1. The highest BCUT2D eigenvalue weighted by atomic mass is 32.2. The predicted molar refractivity (Wildman–Crippen MR) is 154 cm³/mol. The van der Waals surface area contributed by atoms with E-state index in [2.05, 4.69) is 9.97 Å². The van der Waals surface area contributed by atoms with E-state index in [4.69, 9.17) is 23.6 Å². The molecule has 0 radical (unpaired) electrons. The Balaban J connectivity index is 1.68. The van der Waals surface area contributed by atoms with E-state index in [1.807, 2.05) is 6.92 Å². The van der Waals surface area contributed by atoms with Crippen molar-refractivity contribution in [2.45, 2.75) is 43.0 Å². The number of thiazole rings is 1. The number of ether oxygens (including phenoxy) is 3. The first-order chi connectivity index (χ1) is 20.0. The number of esters is 1. The van der Waals surface area contributed by atoms with Crippen molar-refractivity contribution in [3.05, 3.63) is 91.1 Å². The van der Waals surface area contributed by atoms with Crippen LogP contribution in [0.3, 0.4) is 0 Å². The number of aromatic nitrogens is 3. The van der Waals surface area contributed by atoms with Gasteiger partial charge in [-0.15, -0.1) is 0 Å². The molecule has 0 unspecified atom stereocenters. The van der Waals surface area contributed by atoms with E-state index in [0.717, 1.165) is 6.42 Å². The smallest absolute Gasteiger partial charge is 0.338 e. The Hall–Kier alpha value is -4.16. The third kappa shape index (κ3) is 5.84. The average molecular weight is 593 g/mol. The molecule has 0 N–H and O–H groups in total. The second kappa shape index (κ2) is 12.6. The maximum Gasteiger partial charge on any atom is 0.338 e. The van der Waals surface area contributed by atoms with Gasteiger partial charge in [0.1, 0.15) is 23.3 Å². The van der Waals surface area contributed by atoms with Crippen molar-refractivity contribution < 1.29 is 23.4 Å². The molecule has 0 aliphatic carbocycles. The van der Waals surface area contributed by atoms with Crippen LogP contribution in [0, 0.1) is 0 Å². The van der Waals surface area contributed by atoms with E-state index in [9.17, 15) is 9.59 Å². The van der Waals surface area contributed by atoms with Gasteiger partial charge in [0.15, 0.2) is 15.1 Å². The SMILES string of the molecule is CCCC1=C(C(=O)OCC)[C@@H](c2cc(OC)ccc2OC)n2c(s/c(=C\c3ccc(Sc4ncccn4)o3)c2=O)=N1. The van der Waals surface area contributed by atoms with Gasteiger partial charge in [0.05, 0.1) is 36.6 Å². The standard InChI is InChI=1S/C29H28N4O6S2/c1-5-8-20-24(27(35)38-6-2)25(19-15-17(36-3)9-11-21(19)37-4)33-26(34)22(40-29(33)32-20)16-18-10-12-23(39-18)41-28-30-13-7-14-31-28/h7,9-16,25H,5-6,8H2,1-4H3/b22-16-/t25-/m1/s1. The molecule has 0 bridgehead atoms. The first kappa shape index (κ1) is 28.4. The van der Waals surface area contributed by atoms with Crippen LogP contribution in [0.5, 0.6) is 11.5 Å². The zero-order valence-electron chi connectivity index (χ0n) is 22.9. The fourth-order valence-electron chi connectivity index (χ4n) is 4.49. The summed E-state index contributed by atoms with van der Waals surface area (Å²) in [5.41, 5.74) is 1.15. The lowest BCUT2D eigenvalue weighted by Crippen LogP contribution is -2.40. The lowest BCUT2D eigenvalue weighted by Gasteiger charge is -2.27. The van der Waals surface area contributed by atoms with Gasteiger partial charge >= 0.3 is 5.97 Å². The lowest BCUT2D eigenvalue weighted by atomic mass is 9.93. The van der Waals surface area contributed by atoms with Crippen LogP contribution >= 0.6 is 23.1 Å². The zero-order chi connectivity index (χ0) is 28.9. The predicted octanol–water partition coefficient (Wildman–Crippen LogP) is 4.13. The van der Waals surface area contributed by atoms with Crippen LogP contribution in [0.15, 0.2) is 84.5 Å². The molecule has 10 nitrogen and oxygen atoms in total. The molecule has 4 heterocycles. The normalized spacial score (nSPS) is 14.9. The van der Waals surface area contributed by atoms with Crippen LogP contribution < -0.4 is 24.4 Å². The Labute approximate surface area is 244 Å². The van der Waals surface area contributed by atoms with Crippen molar-refractivity contribution in [3.8, 4) is 11.5 Å². The summed E-state index contributed by atoms with van der Waals surface area (Å²) in [4.78, 5) is 41.1. The third-order valence-corrected chi connectivity index (χ3v) is 8.03. The van der Waals surface area contributed by atoms with Crippen molar-refractivity contribution in [2.24, 2.45) is 4.99 Å². The molecule has 212 valence electrons. The van der Waals surface area contributed by atoms with E-state index in [0.29, 0.717) is 60.1 Å². The monoisotopic (exact) mass is 592 g/mol. The molecule has 1 aliphatic heterocycles. The molecule has 12 heteroatoms. The van der Waals surface area contributed by atoms with Gasteiger partial charge in [0, 0.05) is 24.0 Å². The number of carbonyl (C=O) groups excluding carboxylic acids is 1. The van der Waals surface area contributed by atoms with Gasteiger partial charge in [-0.25, -0.2) is 19.8 Å². The summed E-state index contributed by atoms with van der Waals surface area (Å²) < 4.78 is 24.5. The number of allylic oxidation sites excluding steroid dienone is 1. The Morgan fingerprint density at radius 3 is 2.66 bits per heavy atom. The minimum Gasteiger partial charge on any atom is -0.497 e. The summed E-state index contributed by atoms with van der Waals surface area (Å²) in [7, 11) is 3.10. The third-order valence-electron chi connectivity index (χ3n) is 6.23. The van der Waals surface area contributed by atoms with Crippen LogP contribution in [0.4, 0.5) is 0 Å². The Bertz CT molecular complexity index is 1770. The van der Waals surface area contributed by atoms with Crippen LogP contribution in [0.2, 0.25) is 0 Å². The van der Waals surface area contributed by atoms with Crippen molar-refractivity contribution in [3.63, 3.8) is 0 Å². The summed E-state index contributed by atoms with van der Waals surface area (Å²) in [6, 6.07) is 9.77. The molecule has 0 fully saturated rings. The summed E-state index contributed by atoms with van der Waals surface area (Å²) >= 11 is 2.51. The number of methoxy groups -OCH3 is 2. The van der Waals surface area contributed by atoms with E-state index < -0.39 is 12.0 Å². The van der Waals surface area contributed by atoms with Crippen molar-refractivity contribution in [1.82, 2.24) is 14.5 Å². The number of rotatable bonds is 10. The molecule has 0 spiro atoms. The highest BCUT2D eigenvalue weighted by molar-refractivity contribution is 7.99. The van der Waals surface area contributed by atoms with Gasteiger partial charge in [-0.3, -0.25) is 9.36 Å². The summed E-state index contributed by atoms with van der Waals surface area (Å²) in [6.07, 6.45) is 6.27. The van der Waals surface area contributed by atoms with E-state index in [1.165, 1.54) is 27.7 Å². The largest absolute Gasteiger partial charge is 0.497 e. The van der Waals surface area contributed by atoms with Crippen LogP contribution in [0.1, 0.15) is 44.1 Å². The van der Waals surface area contributed by atoms with Gasteiger partial charge in [0.2, 0.25) is 0 Å². The van der Waals surface area contributed by atoms with Crippen molar-refractivity contribution >= 4 is 35.1 Å². The summed E-state index contributed by atoms with van der Waals surface area (Å²) in [6.45, 7) is 3.93. The van der Waals surface area contributed by atoms with E-state index >= 15 is 0 Å². The minimum absolute atomic E-state index is 0.182. The molecule has 41 heavy (non-hydrogen) atoms. The quantitative estimate of drug-likeness (QED) is 0.198. The molecule has 3 aromatic heterocycles. The molecular formula is C29H28N4O6S2.